The number of aliphatic carboxylic acids is 1. The fourth-order valence-electron chi connectivity index (χ4n) is 3.53. The number of carbonyl (C=O) groups is 1. The van der Waals surface area contributed by atoms with Crippen molar-refractivity contribution in [1.29, 1.82) is 5.41 Å². The van der Waals surface area contributed by atoms with Crippen LogP contribution in [-0.4, -0.2) is 26.8 Å². The van der Waals surface area contributed by atoms with Gasteiger partial charge in [0.25, 0.3) is 0 Å². The van der Waals surface area contributed by atoms with Crippen LogP contribution in [0.2, 0.25) is 0 Å². The summed E-state index contributed by atoms with van der Waals surface area (Å²) in [5.74, 6) is -0.825. The highest BCUT2D eigenvalue weighted by atomic mass is 16.4. The van der Waals surface area contributed by atoms with E-state index in [0.29, 0.717) is 12.8 Å². The fraction of sp³-hybridized carbons (Fsp3) is 0.261. The molecule has 3 aromatic rings. The lowest BCUT2D eigenvalue weighted by molar-refractivity contribution is -0.131. The molecule has 0 amide bonds. The van der Waals surface area contributed by atoms with Crippen LogP contribution in [0, 0.1) is 5.41 Å². The van der Waals surface area contributed by atoms with Gasteiger partial charge in [-0.15, -0.1) is 0 Å². The predicted octanol–water partition coefficient (Wildman–Crippen LogP) is 4.89. The number of nitrogens with zero attached hydrogens (tertiary/aromatic N) is 1. The van der Waals surface area contributed by atoms with Gasteiger partial charge in [-0.05, 0) is 54.5 Å². The zero-order valence-corrected chi connectivity index (χ0v) is 16.0. The molecule has 0 saturated heterocycles. The molecule has 0 radical (unpaired) electrons. The van der Waals surface area contributed by atoms with Gasteiger partial charge >= 0.3 is 5.97 Å². The van der Waals surface area contributed by atoms with Crippen molar-refractivity contribution in [2.75, 3.05) is 0 Å². The summed E-state index contributed by atoms with van der Waals surface area (Å²) in [6.07, 6.45) is 9.58. The Hall–Kier alpha value is -3.21. The number of hydrogen-bond donors (Lipinski definition) is 3. The monoisotopic (exact) mass is 375 g/mol. The Balaban J connectivity index is 1.63. The highest BCUT2D eigenvalue weighted by Gasteiger charge is 2.16. The average molecular weight is 375 g/mol. The van der Waals surface area contributed by atoms with E-state index < -0.39 is 5.97 Å². The van der Waals surface area contributed by atoms with Gasteiger partial charge < -0.3 is 15.5 Å². The number of allylic oxidation sites excluding steroid dienone is 1. The van der Waals surface area contributed by atoms with Gasteiger partial charge in [-0.25, -0.2) is 9.78 Å². The van der Waals surface area contributed by atoms with E-state index in [0.717, 1.165) is 40.7 Å². The van der Waals surface area contributed by atoms with Crippen molar-refractivity contribution in [3.63, 3.8) is 0 Å². The summed E-state index contributed by atoms with van der Waals surface area (Å²) >= 11 is 0. The number of aryl methyl sites for hydroxylation is 1. The second-order valence-corrected chi connectivity index (χ2v) is 6.89. The van der Waals surface area contributed by atoms with E-state index in [-0.39, 0.29) is 5.92 Å². The lowest BCUT2D eigenvalue weighted by Gasteiger charge is -2.17. The van der Waals surface area contributed by atoms with Gasteiger partial charge in [0.2, 0.25) is 0 Å². The molecule has 1 atom stereocenters. The minimum absolute atomic E-state index is 0.104. The molecule has 5 nitrogen and oxygen atoms in total. The Morgan fingerprint density at radius 2 is 2.07 bits per heavy atom. The van der Waals surface area contributed by atoms with E-state index in [2.05, 4.69) is 35.1 Å². The van der Waals surface area contributed by atoms with Crippen molar-refractivity contribution in [2.24, 2.45) is 0 Å². The number of benzene rings is 1. The van der Waals surface area contributed by atoms with Gasteiger partial charge in [-0.2, -0.15) is 0 Å². The second kappa shape index (κ2) is 9.13. The largest absolute Gasteiger partial charge is 0.478 e. The van der Waals surface area contributed by atoms with Crippen LogP contribution in [-0.2, 0) is 17.6 Å². The first-order chi connectivity index (χ1) is 13.6. The van der Waals surface area contributed by atoms with Crippen LogP contribution >= 0.6 is 0 Å². The maximum Gasteiger partial charge on any atom is 0.327 e. The van der Waals surface area contributed by atoms with Crippen LogP contribution in [0.4, 0.5) is 0 Å². The van der Waals surface area contributed by atoms with Gasteiger partial charge in [0.15, 0.2) is 0 Å². The smallest absolute Gasteiger partial charge is 0.327 e. The first-order valence-corrected chi connectivity index (χ1v) is 9.55. The molecule has 0 aliphatic carbocycles. The summed E-state index contributed by atoms with van der Waals surface area (Å²) in [4.78, 5) is 18.1. The standard InChI is InChI=1S/C23H25N3O2/c1-2-19(17-10-8-16(9-11-17)5-3-7-22(27)28)21(24)13-12-18-15-26-23-20(18)6-4-14-25-23/h3-4,6-11,14-15,19,24H,2,5,12-13H2,1H3,(H,25,26)(H,27,28)/b7-3+,24-21?/t19-/m0/s1. The summed E-state index contributed by atoms with van der Waals surface area (Å²) in [7, 11) is 0. The summed E-state index contributed by atoms with van der Waals surface area (Å²) in [5, 5.41) is 18.4. The topological polar surface area (TPSA) is 89.8 Å². The first-order valence-electron chi connectivity index (χ1n) is 9.55. The van der Waals surface area contributed by atoms with Crippen LogP contribution in [0.3, 0.4) is 0 Å². The summed E-state index contributed by atoms with van der Waals surface area (Å²) in [6.45, 7) is 2.11. The zero-order chi connectivity index (χ0) is 19.9. The van der Waals surface area contributed by atoms with Crippen molar-refractivity contribution in [3.05, 3.63) is 77.6 Å². The molecule has 0 bridgehead atoms. The predicted molar refractivity (Wildman–Crippen MR) is 112 cm³/mol. The van der Waals surface area contributed by atoms with Gasteiger partial charge in [-0.3, -0.25) is 0 Å². The molecule has 3 rings (SSSR count). The van der Waals surface area contributed by atoms with Gasteiger partial charge in [0.05, 0.1) is 0 Å². The van der Waals surface area contributed by atoms with E-state index in [1.165, 1.54) is 11.6 Å². The molecule has 28 heavy (non-hydrogen) atoms. The zero-order valence-electron chi connectivity index (χ0n) is 16.0. The number of carboxylic acid groups (broad SMARTS) is 1. The molecule has 2 aromatic heterocycles. The van der Waals surface area contributed by atoms with Crippen molar-refractivity contribution in [1.82, 2.24) is 9.97 Å². The van der Waals surface area contributed by atoms with E-state index in [1.54, 1.807) is 12.3 Å². The molecule has 1 aromatic carbocycles. The Bertz CT molecular complexity index is 987. The molecule has 144 valence electrons. The third kappa shape index (κ3) is 4.74. The number of aromatic nitrogens is 2. The Labute approximate surface area is 164 Å². The summed E-state index contributed by atoms with van der Waals surface area (Å²) in [6, 6.07) is 12.1. The van der Waals surface area contributed by atoms with E-state index in [9.17, 15) is 4.79 Å². The quantitative estimate of drug-likeness (QED) is 0.367. The minimum Gasteiger partial charge on any atom is -0.478 e. The Morgan fingerprint density at radius 1 is 1.29 bits per heavy atom. The molecule has 5 heteroatoms. The summed E-state index contributed by atoms with van der Waals surface area (Å²) in [5.41, 5.74) is 5.03. The van der Waals surface area contributed by atoms with E-state index in [4.69, 9.17) is 10.5 Å². The molecule has 3 N–H and O–H groups in total. The van der Waals surface area contributed by atoms with Gasteiger partial charge in [0.1, 0.15) is 5.65 Å². The van der Waals surface area contributed by atoms with Crippen LogP contribution in [0.25, 0.3) is 11.0 Å². The molecule has 0 unspecified atom stereocenters. The summed E-state index contributed by atoms with van der Waals surface area (Å²) < 4.78 is 0. The number of fused-ring (bicyclic) bond motifs is 1. The Morgan fingerprint density at radius 3 is 2.79 bits per heavy atom. The minimum atomic E-state index is -0.929. The first kappa shape index (κ1) is 19.5. The highest BCUT2D eigenvalue weighted by molar-refractivity contribution is 5.89. The number of aromatic amines is 1. The lowest BCUT2D eigenvalue weighted by atomic mass is 9.88. The van der Waals surface area contributed by atoms with Gasteiger partial charge in [-0.1, -0.05) is 37.3 Å². The number of hydrogen-bond acceptors (Lipinski definition) is 3. The van der Waals surface area contributed by atoms with Crippen LogP contribution in [0.5, 0.6) is 0 Å². The molecule has 2 heterocycles. The molecule has 0 spiro atoms. The van der Waals surface area contributed by atoms with E-state index in [1.807, 2.05) is 24.4 Å². The van der Waals surface area contributed by atoms with Crippen molar-refractivity contribution >= 4 is 22.7 Å². The van der Waals surface area contributed by atoms with Crippen molar-refractivity contribution in [3.8, 4) is 0 Å². The van der Waals surface area contributed by atoms with Crippen molar-refractivity contribution < 1.29 is 9.90 Å². The third-order valence-corrected chi connectivity index (χ3v) is 5.03. The molecule has 0 aliphatic rings. The maximum atomic E-state index is 10.6. The Kier molecular flexibility index (Phi) is 6.37. The molecule has 0 aliphatic heterocycles. The number of rotatable bonds is 9. The SMILES string of the molecule is CC[C@H](C(=N)CCc1c[nH]c2ncccc12)c1ccc(C/C=C/C(=O)O)cc1. The van der Waals surface area contributed by atoms with Crippen LogP contribution < -0.4 is 0 Å². The molecular weight excluding hydrogens is 350 g/mol. The normalized spacial score (nSPS) is 12.5. The average Bonchev–Trinajstić information content (AvgIpc) is 3.11. The second-order valence-electron chi connectivity index (χ2n) is 6.89. The van der Waals surface area contributed by atoms with Gasteiger partial charge in [0, 0.05) is 35.5 Å². The lowest BCUT2D eigenvalue weighted by Crippen LogP contribution is -2.12. The molecule has 0 fully saturated rings. The molecule has 0 saturated carbocycles. The number of carboxylic acids is 1. The van der Waals surface area contributed by atoms with Crippen LogP contribution in [0.15, 0.2) is 60.9 Å². The fourth-order valence-corrected chi connectivity index (χ4v) is 3.53. The maximum absolute atomic E-state index is 10.6. The molecular formula is C23H25N3O2. The van der Waals surface area contributed by atoms with Crippen LogP contribution in [0.1, 0.15) is 42.4 Å². The number of pyridine rings is 1. The highest BCUT2D eigenvalue weighted by Crippen LogP contribution is 2.25. The third-order valence-electron chi connectivity index (χ3n) is 5.03. The van der Waals surface area contributed by atoms with E-state index >= 15 is 0 Å². The number of H-pyrrole nitrogens is 1. The van der Waals surface area contributed by atoms with Crippen molar-refractivity contribution in [2.45, 2.75) is 38.5 Å². The number of nitrogens with one attached hydrogen (secondary N) is 2.